The van der Waals surface area contributed by atoms with Gasteiger partial charge in [0.1, 0.15) is 0 Å². The molecule has 0 spiro atoms. The second-order valence-electron chi connectivity index (χ2n) is 3.99. The summed E-state index contributed by atoms with van der Waals surface area (Å²) in [5.74, 6) is -0.139. The van der Waals surface area contributed by atoms with E-state index in [1.54, 1.807) is 0 Å². The maximum atomic E-state index is 10.1. The molecule has 0 aromatic heterocycles. The molecule has 0 aromatic carbocycles. The number of carboxylic acid groups (broad SMARTS) is 1. The van der Waals surface area contributed by atoms with Crippen molar-refractivity contribution in [2.75, 3.05) is 5.88 Å². The van der Waals surface area contributed by atoms with Gasteiger partial charge in [0.05, 0.1) is 0 Å². The molecule has 4 N–H and O–H groups in total. The van der Waals surface area contributed by atoms with Crippen molar-refractivity contribution in [2.45, 2.75) is 64.2 Å². The Kier molecular flexibility index (Phi) is 34.4. The molecule has 0 aliphatic rings. The Morgan fingerprint density at radius 1 is 0.778 bits per heavy atom. The number of aliphatic carboxylic acids is 1. The van der Waals surface area contributed by atoms with Gasteiger partial charge in [0.2, 0.25) is 0 Å². The Morgan fingerprint density at radius 2 is 1.11 bits per heavy atom. The zero-order chi connectivity index (χ0) is 11.4. The summed E-state index contributed by atoms with van der Waals surface area (Å²) in [6.07, 6.45) is 10.6. The summed E-state index contributed by atoms with van der Waals surface area (Å²) in [6.45, 7) is 0. The van der Waals surface area contributed by atoms with Crippen molar-refractivity contribution in [3.05, 3.63) is 0 Å². The predicted octanol–water partition coefficient (Wildman–Crippen LogP) is -1.77. The number of carbonyl (C=O) groups is 1. The molecular weight excluding hydrogens is 267 g/mol. The average Bonchev–Trinajstić information content (AvgIpc) is 2.20. The van der Waals surface area contributed by atoms with Crippen LogP contribution in [0.2, 0.25) is 0 Å². The summed E-state index contributed by atoms with van der Waals surface area (Å²) < 4.78 is 0. The molecule has 0 bridgehead atoms. The minimum atomic E-state index is -0.920. The maximum Gasteiger partial charge on any atom is 1.00 e. The number of hydrogen-bond acceptors (Lipinski definition) is 2. The molecule has 0 saturated heterocycles. The Bertz CT molecular complexity index is 159. The van der Waals surface area contributed by atoms with Gasteiger partial charge in [-0.05, 0) is 19.3 Å². The minimum absolute atomic E-state index is 0. The third-order valence-corrected chi connectivity index (χ3v) is 2.78. The van der Waals surface area contributed by atoms with E-state index in [2.05, 4.69) is 0 Å². The molecule has 0 radical (unpaired) electrons. The first-order valence-corrected chi connectivity index (χ1v) is 6.56. The first kappa shape index (κ1) is 27.1. The van der Waals surface area contributed by atoms with Crippen LogP contribution >= 0.6 is 11.6 Å². The van der Waals surface area contributed by atoms with Crippen LogP contribution in [0, 0.1) is 0 Å². The molecule has 0 aromatic rings. The van der Waals surface area contributed by atoms with Crippen molar-refractivity contribution in [1.82, 2.24) is 0 Å². The molecule has 0 aliphatic carbocycles. The van der Waals surface area contributed by atoms with Gasteiger partial charge < -0.3 is 20.9 Å². The SMILES string of the molecule is O.O.O=C([O-])CCCCCCCCCCCCl.[Na+]. The molecule has 6 heteroatoms. The van der Waals surface area contributed by atoms with E-state index in [0.717, 1.165) is 31.6 Å². The Hall–Kier alpha value is 0.680. The van der Waals surface area contributed by atoms with Crippen LogP contribution in [0.1, 0.15) is 64.2 Å². The van der Waals surface area contributed by atoms with E-state index in [4.69, 9.17) is 11.6 Å². The number of carboxylic acids is 1. The number of hydrogen-bond donors (Lipinski definition) is 0. The predicted molar refractivity (Wildman–Crippen MR) is 69.1 cm³/mol. The fourth-order valence-corrected chi connectivity index (χ4v) is 1.79. The van der Waals surface area contributed by atoms with Gasteiger partial charge in [-0.25, -0.2) is 0 Å². The maximum absolute atomic E-state index is 10.1. The van der Waals surface area contributed by atoms with Gasteiger partial charge in [-0.15, -0.1) is 11.6 Å². The van der Waals surface area contributed by atoms with Crippen molar-refractivity contribution in [3.8, 4) is 0 Å². The van der Waals surface area contributed by atoms with Crippen molar-refractivity contribution >= 4 is 17.6 Å². The Morgan fingerprint density at radius 3 is 1.44 bits per heavy atom. The van der Waals surface area contributed by atoms with E-state index in [-0.39, 0.29) is 46.9 Å². The molecule has 0 rings (SSSR count). The normalized spacial score (nSPS) is 8.72. The van der Waals surface area contributed by atoms with E-state index in [9.17, 15) is 9.90 Å². The number of carbonyl (C=O) groups excluding carboxylic acids is 1. The number of unbranched alkanes of at least 4 members (excludes halogenated alkanes) is 8. The van der Waals surface area contributed by atoms with Gasteiger partial charge >= 0.3 is 29.6 Å². The molecule has 0 unspecified atom stereocenters. The van der Waals surface area contributed by atoms with Gasteiger partial charge in [-0.1, -0.05) is 44.9 Å². The van der Waals surface area contributed by atoms with Gasteiger partial charge in [-0.2, -0.15) is 0 Å². The van der Waals surface area contributed by atoms with E-state index >= 15 is 0 Å². The van der Waals surface area contributed by atoms with Crippen molar-refractivity contribution < 1.29 is 50.4 Å². The monoisotopic (exact) mass is 292 g/mol. The van der Waals surface area contributed by atoms with Crippen molar-refractivity contribution in [2.24, 2.45) is 0 Å². The molecular formula is C12H26ClNaO4. The molecule has 0 heterocycles. The van der Waals surface area contributed by atoms with Crippen molar-refractivity contribution in [3.63, 3.8) is 0 Å². The quantitative estimate of drug-likeness (QED) is 0.255. The first-order chi connectivity index (χ1) is 7.27. The smallest absolute Gasteiger partial charge is 0.550 e. The fraction of sp³-hybridized carbons (Fsp3) is 0.917. The van der Waals surface area contributed by atoms with Crippen LogP contribution in [0.3, 0.4) is 0 Å². The van der Waals surface area contributed by atoms with Crippen LogP contribution in [-0.4, -0.2) is 22.8 Å². The van der Waals surface area contributed by atoms with Crippen LogP contribution in [0.5, 0.6) is 0 Å². The van der Waals surface area contributed by atoms with E-state index in [1.165, 1.54) is 32.1 Å². The van der Waals surface area contributed by atoms with Gasteiger partial charge in [0.25, 0.3) is 0 Å². The summed E-state index contributed by atoms with van der Waals surface area (Å²) in [7, 11) is 0. The van der Waals surface area contributed by atoms with E-state index < -0.39 is 5.97 Å². The number of rotatable bonds is 11. The zero-order valence-corrected chi connectivity index (χ0v) is 14.2. The molecule has 18 heavy (non-hydrogen) atoms. The van der Waals surface area contributed by atoms with E-state index in [1.807, 2.05) is 0 Å². The second kappa shape index (κ2) is 22.8. The molecule has 106 valence electrons. The largest absolute Gasteiger partial charge is 1.00 e. The van der Waals surface area contributed by atoms with Crippen molar-refractivity contribution in [1.29, 1.82) is 0 Å². The van der Waals surface area contributed by atoms with Gasteiger partial charge in [0.15, 0.2) is 0 Å². The third-order valence-electron chi connectivity index (χ3n) is 2.51. The molecule has 0 amide bonds. The first-order valence-electron chi connectivity index (χ1n) is 6.03. The number of alkyl halides is 1. The van der Waals surface area contributed by atoms with E-state index in [0.29, 0.717) is 0 Å². The van der Waals surface area contributed by atoms with Gasteiger partial charge in [0, 0.05) is 11.8 Å². The van der Waals surface area contributed by atoms with Crippen LogP contribution in [0.4, 0.5) is 0 Å². The Balaban J connectivity index is -0.000000327. The summed E-state index contributed by atoms with van der Waals surface area (Å²) in [4.78, 5) is 10.1. The third kappa shape index (κ3) is 25.5. The van der Waals surface area contributed by atoms with Crippen LogP contribution < -0.4 is 34.7 Å². The average molecular weight is 293 g/mol. The molecule has 0 aliphatic heterocycles. The number of halogens is 1. The molecule has 0 saturated carbocycles. The molecule has 0 atom stereocenters. The standard InChI is InChI=1S/C12H23ClO2.Na.2H2O/c13-11-9-7-5-3-1-2-4-6-8-10-12(14)15;;;/h1-11H2,(H,14,15);;2*1H2/q;+1;;/p-1. The van der Waals surface area contributed by atoms with Crippen LogP contribution in [-0.2, 0) is 4.79 Å². The molecule has 4 nitrogen and oxygen atoms in total. The summed E-state index contributed by atoms with van der Waals surface area (Å²) in [6, 6.07) is 0. The second-order valence-corrected chi connectivity index (χ2v) is 4.37. The minimum Gasteiger partial charge on any atom is -0.550 e. The summed E-state index contributed by atoms with van der Waals surface area (Å²) in [5.41, 5.74) is 0. The van der Waals surface area contributed by atoms with Crippen LogP contribution in [0.15, 0.2) is 0 Å². The van der Waals surface area contributed by atoms with Gasteiger partial charge in [-0.3, -0.25) is 0 Å². The Labute approximate surface area is 137 Å². The topological polar surface area (TPSA) is 103 Å². The fourth-order valence-electron chi connectivity index (χ4n) is 1.60. The summed E-state index contributed by atoms with van der Waals surface area (Å²) >= 11 is 5.57. The van der Waals surface area contributed by atoms with Crippen LogP contribution in [0.25, 0.3) is 0 Å². The molecule has 0 fully saturated rings. The summed E-state index contributed by atoms with van der Waals surface area (Å²) in [5, 5.41) is 10.1. The zero-order valence-electron chi connectivity index (χ0n) is 11.5.